The van der Waals surface area contributed by atoms with Crippen LogP contribution in [0.5, 0.6) is 0 Å². The molecule has 0 aliphatic carbocycles. The molecule has 0 fully saturated rings. The Morgan fingerprint density at radius 3 is 2.67 bits per heavy atom. The van der Waals surface area contributed by atoms with Crippen LogP contribution in [0.3, 0.4) is 0 Å². The standard InChI is InChI=1S/C13H18FNO3/c1-9(2)15(7-8-18-3)12-10(13(16)17)5-4-6-11(12)14/h4-6,9H,7-8H2,1-3H3,(H,16,17). The average molecular weight is 255 g/mol. The zero-order chi connectivity index (χ0) is 13.7. The predicted octanol–water partition coefficient (Wildman–Crippen LogP) is 2.39. The van der Waals surface area contributed by atoms with E-state index in [4.69, 9.17) is 9.84 Å². The molecule has 0 amide bonds. The summed E-state index contributed by atoms with van der Waals surface area (Å²) in [5.74, 6) is -1.66. The van der Waals surface area contributed by atoms with Crippen LogP contribution in [0.2, 0.25) is 0 Å². The normalized spacial score (nSPS) is 10.7. The zero-order valence-corrected chi connectivity index (χ0v) is 10.8. The molecule has 100 valence electrons. The number of carboxylic acid groups (broad SMARTS) is 1. The lowest BCUT2D eigenvalue weighted by Gasteiger charge is -2.30. The highest BCUT2D eigenvalue weighted by Gasteiger charge is 2.21. The molecule has 0 heterocycles. The van der Waals surface area contributed by atoms with Gasteiger partial charge in [0.2, 0.25) is 0 Å². The second kappa shape index (κ2) is 6.35. The minimum absolute atomic E-state index is 0.0184. The van der Waals surface area contributed by atoms with E-state index < -0.39 is 11.8 Å². The van der Waals surface area contributed by atoms with Gasteiger partial charge in [-0.1, -0.05) is 6.07 Å². The van der Waals surface area contributed by atoms with E-state index in [-0.39, 0.29) is 17.3 Å². The summed E-state index contributed by atoms with van der Waals surface area (Å²) in [6, 6.07) is 4.06. The van der Waals surface area contributed by atoms with Crippen LogP contribution in [0.15, 0.2) is 18.2 Å². The number of carbonyl (C=O) groups is 1. The molecule has 0 spiro atoms. The first-order valence-corrected chi connectivity index (χ1v) is 5.76. The molecule has 0 radical (unpaired) electrons. The summed E-state index contributed by atoms with van der Waals surface area (Å²) in [5.41, 5.74) is 0.0943. The number of hydrogen-bond donors (Lipinski definition) is 1. The fourth-order valence-corrected chi connectivity index (χ4v) is 1.80. The van der Waals surface area contributed by atoms with E-state index in [0.29, 0.717) is 13.2 Å². The van der Waals surface area contributed by atoms with Crippen molar-refractivity contribution < 1.29 is 19.0 Å². The van der Waals surface area contributed by atoms with Gasteiger partial charge in [-0.2, -0.15) is 0 Å². The fourth-order valence-electron chi connectivity index (χ4n) is 1.80. The first-order valence-electron chi connectivity index (χ1n) is 5.76. The van der Waals surface area contributed by atoms with Gasteiger partial charge in [0.05, 0.1) is 17.9 Å². The number of aromatic carboxylic acids is 1. The first kappa shape index (κ1) is 14.4. The summed E-state index contributed by atoms with van der Waals surface area (Å²) in [6.45, 7) is 4.61. The summed E-state index contributed by atoms with van der Waals surface area (Å²) in [4.78, 5) is 12.8. The number of ether oxygens (including phenoxy) is 1. The molecule has 1 aromatic rings. The number of methoxy groups -OCH3 is 1. The minimum Gasteiger partial charge on any atom is -0.478 e. The minimum atomic E-state index is -1.13. The molecule has 0 aliphatic rings. The lowest BCUT2D eigenvalue weighted by Crippen LogP contribution is -2.35. The number of hydrogen-bond acceptors (Lipinski definition) is 3. The molecule has 0 atom stereocenters. The van der Waals surface area contributed by atoms with Crippen LogP contribution < -0.4 is 4.90 Å². The molecule has 0 unspecified atom stereocenters. The van der Waals surface area contributed by atoms with E-state index in [1.165, 1.54) is 18.2 Å². The van der Waals surface area contributed by atoms with Gasteiger partial charge in [0.1, 0.15) is 5.82 Å². The quantitative estimate of drug-likeness (QED) is 0.848. The highest BCUT2D eigenvalue weighted by molar-refractivity contribution is 5.94. The van der Waals surface area contributed by atoms with E-state index in [0.717, 1.165) is 0 Å². The summed E-state index contributed by atoms with van der Waals surface area (Å²) in [5, 5.41) is 9.12. The molecule has 18 heavy (non-hydrogen) atoms. The van der Waals surface area contributed by atoms with Gasteiger partial charge in [0.15, 0.2) is 0 Å². The fraction of sp³-hybridized carbons (Fsp3) is 0.462. The van der Waals surface area contributed by atoms with Gasteiger partial charge in [-0.15, -0.1) is 0 Å². The van der Waals surface area contributed by atoms with Crippen LogP contribution in [0.4, 0.5) is 10.1 Å². The van der Waals surface area contributed by atoms with E-state index in [9.17, 15) is 9.18 Å². The van der Waals surface area contributed by atoms with Gasteiger partial charge in [0.25, 0.3) is 0 Å². The molecule has 5 heteroatoms. The van der Waals surface area contributed by atoms with E-state index in [2.05, 4.69) is 0 Å². The van der Waals surface area contributed by atoms with E-state index >= 15 is 0 Å². The summed E-state index contributed by atoms with van der Waals surface area (Å²) < 4.78 is 18.9. The third kappa shape index (κ3) is 3.20. The maximum Gasteiger partial charge on any atom is 0.337 e. The largest absolute Gasteiger partial charge is 0.478 e. The maximum atomic E-state index is 13.9. The van der Waals surface area contributed by atoms with Crippen molar-refractivity contribution in [3.63, 3.8) is 0 Å². The lowest BCUT2D eigenvalue weighted by molar-refractivity contribution is 0.0697. The summed E-state index contributed by atoms with van der Waals surface area (Å²) >= 11 is 0. The van der Waals surface area contributed by atoms with Crippen molar-refractivity contribution in [1.82, 2.24) is 0 Å². The molecule has 1 N–H and O–H groups in total. The molecular formula is C13H18FNO3. The third-order valence-corrected chi connectivity index (χ3v) is 2.66. The predicted molar refractivity (Wildman–Crippen MR) is 67.7 cm³/mol. The van der Waals surface area contributed by atoms with Crippen LogP contribution in [-0.4, -0.2) is 37.4 Å². The van der Waals surface area contributed by atoms with Gasteiger partial charge in [-0.25, -0.2) is 9.18 Å². The molecule has 0 saturated heterocycles. The smallest absolute Gasteiger partial charge is 0.337 e. The molecule has 0 aromatic heterocycles. The molecule has 0 bridgehead atoms. The highest BCUT2D eigenvalue weighted by atomic mass is 19.1. The second-order valence-electron chi connectivity index (χ2n) is 4.22. The number of para-hydroxylation sites is 1. The van der Waals surface area contributed by atoms with E-state index in [1.807, 2.05) is 13.8 Å². The zero-order valence-electron chi connectivity index (χ0n) is 10.8. The van der Waals surface area contributed by atoms with Gasteiger partial charge in [-0.3, -0.25) is 0 Å². The summed E-state index contributed by atoms with van der Waals surface area (Å²) in [6.07, 6.45) is 0. The van der Waals surface area contributed by atoms with Gasteiger partial charge in [-0.05, 0) is 26.0 Å². The number of benzene rings is 1. The van der Waals surface area contributed by atoms with Crippen molar-refractivity contribution in [1.29, 1.82) is 0 Å². The van der Waals surface area contributed by atoms with Crippen LogP contribution in [0.1, 0.15) is 24.2 Å². The van der Waals surface area contributed by atoms with E-state index in [1.54, 1.807) is 12.0 Å². The Kier molecular flexibility index (Phi) is 5.09. The molecule has 0 aliphatic heterocycles. The topological polar surface area (TPSA) is 49.8 Å². The molecule has 4 nitrogen and oxygen atoms in total. The molecule has 1 rings (SSSR count). The number of nitrogens with zero attached hydrogens (tertiary/aromatic N) is 1. The Balaban J connectivity index is 3.21. The van der Waals surface area contributed by atoms with Crippen molar-refractivity contribution in [3.05, 3.63) is 29.6 Å². The van der Waals surface area contributed by atoms with Crippen LogP contribution in [0, 0.1) is 5.82 Å². The van der Waals surface area contributed by atoms with Crippen LogP contribution in [0.25, 0.3) is 0 Å². The third-order valence-electron chi connectivity index (χ3n) is 2.66. The van der Waals surface area contributed by atoms with Gasteiger partial charge in [0, 0.05) is 19.7 Å². The second-order valence-corrected chi connectivity index (χ2v) is 4.22. The van der Waals surface area contributed by atoms with Crippen molar-refractivity contribution in [3.8, 4) is 0 Å². The van der Waals surface area contributed by atoms with Crippen molar-refractivity contribution in [2.45, 2.75) is 19.9 Å². The Hall–Kier alpha value is -1.62. The van der Waals surface area contributed by atoms with Crippen LogP contribution >= 0.6 is 0 Å². The Bertz CT molecular complexity index is 421. The highest BCUT2D eigenvalue weighted by Crippen LogP contribution is 2.26. The Morgan fingerprint density at radius 2 is 2.17 bits per heavy atom. The monoisotopic (exact) mass is 255 g/mol. The molecule has 0 saturated carbocycles. The molecule has 1 aromatic carbocycles. The lowest BCUT2D eigenvalue weighted by atomic mass is 10.1. The number of carboxylic acids is 1. The first-order chi connectivity index (χ1) is 8.49. The van der Waals surface area contributed by atoms with Crippen molar-refractivity contribution in [2.75, 3.05) is 25.2 Å². The van der Waals surface area contributed by atoms with Gasteiger partial charge < -0.3 is 14.7 Å². The Labute approximate surface area is 106 Å². The average Bonchev–Trinajstić information content (AvgIpc) is 2.30. The maximum absolute atomic E-state index is 13.9. The van der Waals surface area contributed by atoms with Crippen LogP contribution in [-0.2, 0) is 4.74 Å². The van der Waals surface area contributed by atoms with Crippen molar-refractivity contribution in [2.24, 2.45) is 0 Å². The Morgan fingerprint density at radius 1 is 1.50 bits per heavy atom. The summed E-state index contributed by atoms with van der Waals surface area (Å²) in [7, 11) is 1.55. The number of halogens is 1. The number of anilines is 1. The van der Waals surface area contributed by atoms with Gasteiger partial charge >= 0.3 is 5.97 Å². The number of rotatable bonds is 6. The molecular weight excluding hydrogens is 237 g/mol. The SMILES string of the molecule is COCCN(c1c(F)cccc1C(=O)O)C(C)C. The van der Waals surface area contributed by atoms with Crippen molar-refractivity contribution >= 4 is 11.7 Å².